The molecule has 2 atom stereocenters. The van der Waals surface area contributed by atoms with Gasteiger partial charge in [0, 0.05) is 30.5 Å². The van der Waals surface area contributed by atoms with Gasteiger partial charge in [-0.2, -0.15) is 16.7 Å². The Morgan fingerprint density at radius 2 is 2.29 bits per heavy atom. The maximum atomic E-state index is 12.9. The number of thioether (sulfide) groups is 1. The molecule has 0 bridgehead atoms. The first-order valence-corrected chi connectivity index (χ1v) is 9.37. The van der Waals surface area contributed by atoms with Gasteiger partial charge in [-0.1, -0.05) is 23.2 Å². The fourth-order valence-electron chi connectivity index (χ4n) is 3.52. The first-order chi connectivity index (χ1) is 11.7. The second-order valence-electron chi connectivity index (χ2n) is 6.29. The van der Waals surface area contributed by atoms with Crippen molar-refractivity contribution in [3.63, 3.8) is 0 Å². The number of rotatable bonds is 3. The number of aromatic nitrogens is 5. The molecule has 8 nitrogen and oxygen atoms in total. The Bertz CT molecular complexity index is 727. The fraction of sp³-hybridized carbons (Fsp3) is 0.667. The lowest BCUT2D eigenvalue weighted by Crippen LogP contribution is -2.51. The molecule has 1 amide bonds. The summed E-state index contributed by atoms with van der Waals surface area (Å²) in [6, 6.07) is 0.343. The van der Waals surface area contributed by atoms with Gasteiger partial charge < -0.3 is 9.42 Å². The number of aryl methyl sites for hydroxylation is 1. The van der Waals surface area contributed by atoms with Crippen LogP contribution in [0, 0.1) is 6.92 Å². The van der Waals surface area contributed by atoms with Crippen LogP contribution in [0.25, 0.3) is 0 Å². The van der Waals surface area contributed by atoms with E-state index in [0.29, 0.717) is 35.2 Å². The van der Waals surface area contributed by atoms with Gasteiger partial charge >= 0.3 is 0 Å². The highest BCUT2D eigenvalue weighted by Gasteiger charge is 2.37. The van der Waals surface area contributed by atoms with E-state index in [1.54, 1.807) is 17.8 Å². The SMILES string of the molecule is Cc1nc(Cn2cc(C(=O)N3CCS[C@H]4CCCC[C@@H]43)nn2)no1. The molecule has 24 heavy (non-hydrogen) atoms. The van der Waals surface area contributed by atoms with Crippen LogP contribution in [0.5, 0.6) is 0 Å². The Morgan fingerprint density at radius 3 is 3.12 bits per heavy atom. The van der Waals surface area contributed by atoms with E-state index < -0.39 is 0 Å². The van der Waals surface area contributed by atoms with Crippen LogP contribution in [-0.2, 0) is 6.54 Å². The molecule has 1 saturated heterocycles. The first-order valence-electron chi connectivity index (χ1n) is 8.32. The lowest BCUT2D eigenvalue weighted by Gasteiger charge is -2.43. The summed E-state index contributed by atoms with van der Waals surface area (Å²) in [5.74, 6) is 2.03. The van der Waals surface area contributed by atoms with Crippen molar-refractivity contribution in [3.8, 4) is 0 Å². The maximum Gasteiger partial charge on any atom is 0.276 e. The smallest absolute Gasteiger partial charge is 0.276 e. The van der Waals surface area contributed by atoms with Crippen LogP contribution in [-0.4, -0.2) is 59.5 Å². The molecule has 0 spiro atoms. The van der Waals surface area contributed by atoms with Gasteiger partial charge in [-0.15, -0.1) is 5.10 Å². The number of hydrogen-bond acceptors (Lipinski definition) is 7. The molecule has 9 heteroatoms. The van der Waals surface area contributed by atoms with E-state index in [1.165, 1.54) is 19.3 Å². The van der Waals surface area contributed by atoms with Gasteiger partial charge in [0.2, 0.25) is 5.89 Å². The molecule has 0 aromatic carbocycles. The lowest BCUT2D eigenvalue weighted by molar-refractivity contribution is 0.0640. The summed E-state index contributed by atoms with van der Waals surface area (Å²) < 4.78 is 6.52. The van der Waals surface area contributed by atoms with Crippen molar-refractivity contribution in [2.45, 2.75) is 50.4 Å². The molecule has 0 unspecified atom stereocenters. The van der Waals surface area contributed by atoms with Gasteiger partial charge in [0.15, 0.2) is 11.5 Å². The normalized spacial score (nSPS) is 24.0. The number of carbonyl (C=O) groups is 1. The van der Waals surface area contributed by atoms with Gasteiger partial charge in [-0.3, -0.25) is 4.79 Å². The molecule has 128 valence electrons. The maximum absolute atomic E-state index is 12.9. The van der Waals surface area contributed by atoms with Crippen molar-refractivity contribution >= 4 is 17.7 Å². The van der Waals surface area contributed by atoms with Crippen LogP contribution in [0.4, 0.5) is 0 Å². The molecule has 1 aliphatic carbocycles. The van der Waals surface area contributed by atoms with E-state index in [0.717, 1.165) is 18.7 Å². The predicted octanol–water partition coefficient (Wildman–Crippen LogP) is 1.52. The Hall–Kier alpha value is -1.90. The molecular formula is C15H20N6O2S. The highest BCUT2D eigenvalue weighted by Crippen LogP contribution is 2.35. The molecule has 1 aliphatic heterocycles. The Kier molecular flexibility index (Phi) is 4.26. The minimum Gasteiger partial charge on any atom is -0.340 e. The molecule has 2 aromatic rings. The van der Waals surface area contributed by atoms with E-state index in [-0.39, 0.29) is 5.91 Å². The molecule has 1 saturated carbocycles. The third-order valence-electron chi connectivity index (χ3n) is 4.62. The average molecular weight is 348 g/mol. The zero-order valence-electron chi connectivity index (χ0n) is 13.6. The van der Waals surface area contributed by atoms with E-state index in [2.05, 4.69) is 20.5 Å². The summed E-state index contributed by atoms with van der Waals surface area (Å²) >= 11 is 2.01. The molecule has 0 radical (unpaired) electrons. The van der Waals surface area contributed by atoms with Crippen molar-refractivity contribution in [1.29, 1.82) is 0 Å². The van der Waals surface area contributed by atoms with Gasteiger partial charge in [0.1, 0.15) is 6.54 Å². The predicted molar refractivity (Wildman–Crippen MR) is 87.7 cm³/mol. The standard InChI is InChI=1S/C15H20N6O2S/c1-10-16-14(18-23-10)9-20-8-11(17-19-20)15(22)21-6-7-24-13-5-3-2-4-12(13)21/h8,12-13H,2-7,9H2,1H3/t12-,13-/m0/s1. The van der Waals surface area contributed by atoms with E-state index >= 15 is 0 Å². The summed E-state index contributed by atoms with van der Waals surface area (Å²) in [6.07, 6.45) is 6.46. The highest BCUT2D eigenvalue weighted by molar-refractivity contribution is 8.00. The Labute approximate surface area is 144 Å². The molecule has 2 aliphatic rings. The van der Waals surface area contributed by atoms with Crippen LogP contribution < -0.4 is 0 Å². The summed E-state index contributed by atoms with van der Waals surface area (Å²) in [4.78, 5) is 19.0. The van der Waals surface area contributed by atoms with Crippen molar-refractivity contribution in [1.82, 2.24) is 30.0 Å². The van der Waals surface area contributed by atoms with Crippen molar-refractivity contribution < 1.29 is 9.32 Å². The van der Waals surface area contributed by atoms with Gasteiger partial charge in [0.25, 0.3) is 5.91 Å². The molecule has 2 fully saturated rings. The van der Waals surface area contributed by atoms with E-state index in [4.69, 9.17) is 4.52 Å². The first kappa shape index (κ1) is 15.6. The largest absolute Gasteiger partial charge is 0.340 e. The van der Waals surface area contributed by atoms with Crippen LogP contribution in [0.2, 0.25) is 0 Å². The third kappa shape index (κ3) is 3.04. The van der Waals surface area contributed by atoms with Crippen molar-refractivity contribution in [2.75, 3.05) is 12.3 Å². The number of nitrogens with zero attached hydrogens (tertiary/aromatic N) is 6. The quantitative estimate of drug-likeness (QED) is 0.830. The highest BCUT2D eigenvalue weighted by atomic mass is 32.2. The zero-order chi connectivity index (χ0) is 16.5. The molecule has 4 rings (SSSR count). The third-order valence-corrected chi connectivity index (χ3v) is 6.02. The van der Waals surface area contributed by atoms with Crippen molar-refractivity contribution in [3.05, 3.63) is 23.6 Å². The van der Waals surface area contributed by atoms with Crippen molar-refractivity contribution in [2.24, 2.45) is 0 Å². The van der Waals surface area contributed by atoms with Gasteiger partial charge in [-0.05, 0) is 12.8 Å². The molecule has 3 heterocycles. The topological polar surface area (TPSA) is 89.9 Å². The summed E-state index contributed by atoms with van der Waals surface area (Å²) in [7, 11) is 0. The number of hydrogen-bond donors (Lipinski definition) is 0. The Morgan fingerprint density at radius 1 is 1.42 bits per heavy atom. The zero-order valence-corrected chi connectivity index (χ0v) is 14.4. The summed E-state index contributed by atoms with van der Waals surface area (Å²) in [5, 5.41) is 12.5. The van der Waals surface area contributed by atoms with Gasteiger partial charge in [-0.25, -0.2) is 4.68 Å². The van der Waals surface area contributed by atoms with Gasteiger partial charge in [0.05, 0.1) is 6.20 Å². The number of amides is 1. The second-order valence-corrected chi connectivity index (χ2v) is 7.64. The van der Waals surface area contributed by atoms with E-state index in [9.17, 15) is 4.79 Å². The lowest BCUT2D eigenvalue weighted by atomic mass is 9.93. The van der Waals surface area contributed by atoms with E-state index in [1.807, 2.05) is 16.7 Å². The minimum absolute atomic E-state index is 0.0113. The number of fused-ring (bicyclic) bond motifs is 1. The van der Waals surface area contributed by atoms with Crippen LogP contribution >= 0.6 is 11.8 Å². The fourth-order valence-corrected chi connectivity index (χ4v) is 4.96. The molecule has 2 aromatic heterocycles. The monoisotopic (exact) mass is 348 g/mol. The van der Waals surface area contributed by atoms with Crippen LogP contribution in [0.1, 0.15) is 47.9 Å². The second kappa shape index (κ2) is 6.54. The average Bonchev–Trinajstić information content (AvgIpc) is 3.23. The Balaban J connectivity index is 1.48. The van der Waals surface area contributed by atoms with Crippen LogP contribution in [0.15, 0.2) is 10.7 Å². The minimum atomic E-state index is -0.0113. The summed E-state index contributed by atoms with van der Waals surface area (Å²) in [5.41, 5.74) is 0.395. The molecular weight excluding hydrogens is 328 g/mol. The van der Waals surface area contributed by atoms with Crippen LogP contribution in [0.3, 0.4) is 0 Å². The molecule has 0 N–H and O–H groups in total. The number of carbonyl (C=O) groups excluding carboxylic acids is 1. The summed E-state index contributed by atoms with van der Waals surface area (Å²) in [6.45, 7) is 2.88.